The Bertz CT molecular complexity index is 898. The van der Waals surface area contributed by atoms with Gasteiger partial charge in [-0.2, -0.15) is 0 Å². The van der Waals surface area contributed by atoms with Gasteiger partial charge in [-0.15, -0.1) is 11.3 Å². The molecule has 1 saturated heterocycles. The van der Waals surface area contributed by atoms with E-state index in [9.17, 15) is 18.0 Å². The summed E-state index contributed by atoms with van der Waals surface area (Å²) in [5.41, 5.74) is 1.22. The summed E-state index contributed by atoms with van der Waals surface area (Å²) in [5.74, 6) is 0. The molecular formula is C14H15N5O4S2. The summed E-state index contributed by atoms with van der Waals surface area (Å²) >= 11 is 1.50. The molecule has 132 valence electrons. The normalized spacial score (nSPS) is 14.8. The minimum Gasteiger partial charge on any atom is -0.332 e. The van der Waals surface area contributed by atoms with Crippen LogP contribution in [0.15, 0.2) is 29.9 Å². The van der Waals surface area contributed by atoms with Crippen molar-refractivity contribution >= 4 is 33.4 Å². The van der Waals surface area contributed by atoms with Crippen molar-refractivity contribution in [3.05, 3.63) is 35.6 Å². The van der Waals surface area contributed by atoms with Crippen LogP contribution < -0.4 is 5.32 Å². The molecule has 0 unspecified atom stereocenters. The lowest BCUT2D eigenvalue weighted by Gasteiger charge is -2.16. The Balaban J connectivity index is 1.69. The molecule has 2 aromatic heterocycles. The Morgan fingerprint density at radius 1 is 1.32 bits per heavy atom. The number of aromatic nitrogens is 2. The highest BCUT2D eigenvalue weighted by Crippen LogP contribution is 2.24. The number of amides is 4. The van der Waals surface area contributed by atoms with Crippen LogP contribution >= 0.6 is 11.3 Å². The quantitative estimate of drug-likeness (QED) is 0.849. The number of sulfonamides is 1. The fourth-order valence-electron chi connectivity index (χ4n) is 2.38. The van der Waals surface area contributed by atoms with Crippen molar-refractivity contribution in [2.75, 3.05) is 19.3 Å². The maximum atomic E-state index is 12.2. The second-order valence-corrected chi connectivity index (χ2v) is 8.11. The SMILES string of the molecule is CS(=O)(=O)N1CCN(C(=O)NCc2nccnc2-c2cccs2)C1=O. The first-order chi connectivity index (χ1) is 11.9. The summed E-state index contributed by atoms with van der Waals surface area (Å²) in [6, 6.07) is 2.27. The van der Waals surface area contributed by atoms with E-state index in [4.69, 9.17) is 0 Å². The third kappa shape index (κ3) is 3.61. The van der Waals surface area contributed by atoms with E-state index in [1.807, 2.05) is 17.5 Å². The van der Waals surface area contributed by atoms with E-state index in [1.54, 1.807) is 6.20 Å². The first-order valence-electron chi connectivity index (χ1n) is 7.28. The van der Waals surface area contributed by atoms with Gasteiger partial charge < -0.3 is 5.32 Å². The zero-order valence-electron chi connectivity index (χ0n) is 13.2. The number of carbonyl (C=O) groups is 2. The van der Waals surface area contributed by atoms with Crippen molar-refractivity contribution in [3.63, 3.8) is 0 Å². The summed E-state index contributed by atoms with van der Waals surface area (Å²) < 4.78 is 23.7. The Labute approximate surface area is 148 Å². The number of hydrogen-bond donors (Lipinski definition) is 1. The monoisotopic (exact) mass is 381 g/mol. The van der Waals surface area contributed by atoms with Crippen molar-refractivity contribution < 1.29 is 18.0 Å². The maximum Gasteiger partial charge on any atom is 0.341 e. The number of rotatable bonds is 4. The topological polar surface area (TPSA) is 113 Å². The smallest absolute Gasteiger partial charge is 0.332 e. The summed E-state index contributed by atoms with van der Waals surface area (Å²) in [7, 11) is -3.68. The molecule has 0 aliphatic carbocycles. The molecule has 0 saturated carbocycles. The van der Waals surface area contributed by atoms with Crippen LogP contribution in [0, 0.1) is 0 Å². The average Bonchev–Trinajstić information content (AvgIpc) is 3.22. The second kappa shape index (κ2) is 6.76. The highest BCUT2D eigenvalue weighted by molar-refractivity contribution is 7.88. The number of thiophene rings is 1. The predicted molar refractivity (Wildman–Crippen MR) is 91.2 cm³/mol. The van der Waals surface area contributed by atoms with Gasteiger partial charge in [0.05, 0.1) is 36.5 Å². The zero-order valence-corrected chi connectivity index (χ0v) is 14.9. The van der Waals surface area contributed by atoms with Gasteiger partial charge in [-0.1, -0.05) is 6.07 Å². The minimum atomic E-state index is -3.68. The Hall–Kier alpha value is -2.53. The number of nitrogens with zero attached hydrogens (tertiary/aromatic N) is 4. The van der Waals surface area contributed by atoms with Gasteiger partial charge >= 0.3 is 12.1 Å². The standard InChI is InChI=1S/C14H15N5O4S2/c1-25(22,23)19-7-6-18(14(19)21)13(20)17-9-10-12(16-5-4-15-10)11-3-2-8-24-11/h2-5,8H,6-7,9H2,1H3,(H,17,20). The number of nitrogens with one attached hydrogen (secondary N) is 1. The lowest BCUT2D eigenvalue weighted by Crippen LogP contribution is -2.43. The predicted octanol–water partition coefficient (Wildman–Crippen LogP) is 1.11. The summed E-state index contributed by atoms with van der Waals surface area (Å²) in [6.07, 6.45) is 4.01. The van der Waals surface area contributed by atoms with Crippen molar-refractivity contribution in [1.82, 2.24) is 24.5 Å². The van der Waals surface area contributed by atoms with Gasteiger partial charge in [0.1, 0.15) is 5.69 Å². The third-order valence-corrected chi connectivity index (χ3v) is 5.57. The Kier molecular flexibility index (Phi) is 4.68. The summed E-state index contributed by atoms with van der Waals surface area (Å²) in [5, 5.41) is 4.50. The molecule has 0 atom stereocenters. The molecule has 1 N–H and O–H groups in total. The Morgan fingerprint density at radius 3 is 2.72 bits per heavy atom. The Morgan fingerprint density at radius 2 is 2.08 bits per heavy atom. The zero-order chi connectivity index (χ0) is 18.0. The van der Waals surface area contributed by atoms with E-state index in [-0.39, 0.29) is 19.6 Å². The van der Waals surface area contributed by atoms with Crippen LogP contribution in [0.1, 0.15) is 5.69 Å². The lowest BCUT2D eigenvalue weighted by molar-refractivity contribution is 0.193. The van der Waals surface area contributed by atoms with Crippen LogP contribution in [0.4, 0.5) is 9.59 Å². The van der Waals surface area contributed by atoms with Crippen molar-refractivity contribution in [2.24, 2.45) is 0 Å². The van der Waals surface area contributed by atoms with E-state index >= 15 is 0 Å². The second-order valence-electron chi connectivity index (χ2n) is 5.26. The van der Waals surface area contributed by atoms with Crippen LogP contribution in [-0.2, 0) is 16.6 Å². The first kappa shape index (κ1) is 17.3. The molecule has 1 aliphatic rings. The summed E-state index contributed by atoms with van der Waals surface area (Å²) in [4.78, 5) is 34.6. The molecule has 3 heterocycles. The van der Waals surface area contributed by atoms with Crippen LogP contribution in [0.25, 0.3) is 10.6 Å². The van der Waals surface area contributed by atoms with Crippen molar-refractivity contribution in [1.29, 1.82) is 0 Å². The largest absolute Gasteiger partial charge is 0.341 e. The molecule has 1 aliphatic heterocycles. The molecule has 4 amide bonds. The van der Waals surface area contributed by atoms with E-state index in [0.717, 1.165) is 16.0 Å². The molecule has 11 heteroatoms. The highest BCUT2D eigenvalue weighted by atomic mass is 32.2. The highest BCUT2D eigenvalue weighted by Gasteiger charge is 2.38. The van der Waals surface area contributed by atoms with Gasteiger partial charge in [-0.25, -0.2) is 27.2 Å². The van der Waals surface area contributed by atoms with Crippen molar-refractivity contribution in [3.8, 4) is 10.6 Å². The van der Waals surface area contributed by atoms with Crippen LogP contribution in [0.3, 0.4) is 0 Å². The van der Waals surface area contributed by atoms with Gasteiger partial charge in [-0.3, -0.25) is 9.97 Å². The fourth-order valence-corrected chi connectivity index (χ4v) is 3.92. The van der Waals surface area contributed by atoms with Crippen LogP contribution in [-0.4, -0.2) is 59.0 Å². The van der Waals surface area contributed by atoms with Crippen LogP contribution in [0.2, 0.25) is 0 Å². The summed E-state index contributed by atoms with van der Waals surface area (Å²) in [6.45, 7) is 0.0369. The molecule has 25 heavy (non-hydrogen) atoms. The minimum absolute atomic E-state index is 0.00991. The number of imide groups is 1. The van der Waals surface area contributed by atoms with Gasteiger partial charge in [0.25, 0.3) is 0 Å². The molecule has 1 fully saturated rings. The molecule has 0 spiro atoms. The fraction of sp³-hybridized carbons (Fsp3) is 0.286. The van der Waals surface area contributed by atoms with Gasteiger partial charge in [0.15, 0.2) is 0 Å². The molecule has 0 radical (unpaired) electrons. The molecule has 0 aromatic carbocycles. The van der Waals surface area contributed by atoms with E-state index in [0.29, 0.717) is 15.7 Å². The number of hydrogen-bond acceptors (Lipinski definition) is 7. The first-order valence-corrected chi connectivity index (χ1v) is 10.0. The molecule has 3 rings (SSSR count). The van der Waals surface area contributed by atoms with Gasteiger partial charge in [0.2, 0.25) is 10.0 Å². The number of carbonyl (C=O) groups excluding carboxylic acids is 2. The molecule has 2 aromatic rings. The maximum absolute atomic E-state index is 12.2. The number of urea groups is 2. The molecule has 0 bridgehead atoms. The van der Waals surface area contributed by atoms with E-state index in [2.05, 4.69) is 15.3 Å². The molecular weight excluding hydrogens is 366 g/mol. The van der Waals surface area contributed by atoms with Crippen LogP contribution in [0.5, 0.6) is 0 Å². The van der Waals surface area contributed by atoms with Gasteiger partial charge in [0, 0.05) is 12.4 Å². The lowest BCUT2D eigenvalue weighted by atomic mass is 10.2. The molecule has 9 nitrogen and oxygen atoms in total. The van der Waals surface area contributed by atoms with E-state index in [1.165, 1.54) is 17.5 Å². The van der Waals surface area contributed by atoms with Crippen molar-refractivity contribution in [2.45, 2.75) is 6.54 Å². The van der Waals surface area contributed by atoms with E-state index < -0.39 is 22.1 Å². The third-order valence-electron chi connectivity index (χ3n) is 3.55. The van der Waals surface area contributed by atoms with Gasteiger partial charge in [-0.05, 0) is 11.4 Å². The average molecular weight is 381 g/mol.